The molecule has 1 aliphatic rings. The number of rotatable bonds is 7. The summed E-state index contributed by atoms with van der Waals surface area (Å²) < 4.78 is 8.10. The van der Waals surface area contributed by atoms with E-state index in [9.17, 15) is 14.7 Å². The number of hydrogen-bond donors (Lipinski definition) is 2. The lowest BCUT2D eigenvalue weighted by molar-refractivity contribution is 0.0697. The molecule has 5 aromatic rings. The van der Waals surface area contributed by atoms with Gasteiger partial charge in [-0.25, -0.2) is 14.6 Å². The minimum atomic E-state index is -0.984. The van der Waals surface area contributed by atoms with E-state index in [0.717, 1.165) is 46.6 Å². The fraction of sp³-hybridized carbons (Fsp3) is 0.156. The predicted molar refractivity (Wildman–Crippen MR) is 149 cm³/mol. The molecule has 1 saturated carbocycles. The normalized spacial score (nSPS) is 13.7. The monoisotopic (exact) mass is 517 g/mol. The highest BCUT2D eigenvalue weighted by Gasteiger charge is 2.29. The van der Waals surface area contributed by atoms with E-state index in [-0.39, 0.29) is 5.56 Å². The number of anilines is 1. The number of benzene rings is 3. The Kier molecular flexibility index (Phi) is 6.32. The van der Waals surface area contributed by atoms with Crippen LogP contribution >= 0.6 is 0 Å². The highest BCUT2D eigenvalue weighted by atomic mass is 16.6. The first kappa shape index (κ1) is 24.4. The molecule has 2 N–H and O–H groups in total. The first-order chi connectivity index (χ1) is 19.0. The molecule has 2 heterocycles. The first-order valence-electron chi connectivity index (χ1n) is 12.9. The number of aryl methyl sites for hydroxylation is 1. The molecule has 0 saturated heterocycles. The molecule has 1 unspecified atom stereocenters. The zero-order valence-electron chi connectivity index (χ0n) is 21.4. The highest BCUT2D eigenvalue weighted by Crippen LogP contribution is 2.40. The van der Waals surface area contributed by atoms with Crippen molar-refractivity contribution in [2.24, 2.45) is 0 Å². The third-order valence-corrected chi connectivity index (χ3v) is 7.05. The number of carbonyl (C=O) groups excluding carboxylic acids is 1. The second-order valence-corrected chi connectivity index (χ2v) is 9.82. The summed E-state index contributed by atoms with van der Waals surface area (Å²) in [6.07, 6.45) is 3.01. The number of ether oxygens (including phenoxy) is 1. The fourth-order valence-electron chi connectivity index (χ4n) is 4.86. The number of hydrogen-bond acceptors (Lipinski definition) is 4. The van der Waals surface area contributed by atoms with Crippen molar-refractivity contribution in [3.8, 4) is 11.1 Å². The topological polar surface area (TPSA) is 92.9 Å². The van der Waals surface area contributed by atoms with Crippen molar-refractivity contribution in [1.82, 2.24) is 9.38 Å². The highest BCUT2D eigenvalue weighted by molar-refractivity contribution is 5.96. The van der Waals surface area contributed by atoms with E-state index >= 15 is 0 Å². The molecule has 0 spiro atoms. The maximum Gasteiger partial charge on any atom is 0.412 e. The van der Waals surface area contributed by atoms with Gasteiger partial charge < -0.3 is 9.84 Å². The van der Waals surface area contributed by atoms with E-state index in [1.54, 1.807) is 30.3 Å². The second kappa shape index (κ2) is 10.1. The van der Waals surface area contributed by atoms with Crippen LogP contribution in [0.5, 0.6) is 0 Å². The number of fused-ring (bicyclic) bond motifs is 1. The van der Waals surface area contributed by atoms with Crippen LogP contribution in [0.1, 0.15) is 57.7 Å². The third kappa shape index (κ3) is 4.99. The minimum Gasteiger partial charge on any atom is -0.478 e. The SMILES string of the molecule is Cc1ccc(C(OC(=O)Nc2ccccc2)c2ccc(-c3ccccc3C(=O)O)cc2)n2cc(C3CC3)nc12. The average molecular weight is 518 g/mol. The lowest BCUT2D eigenvalue weighted by atomic mass is 9.97. The molecule has 1 fully saturated rings. The number of aromatic nitrogens is 2. The van der Waals surface area contributed by atoms with Crippen LogP contribution < -0.4 is 5.32 Å². The summed E-state index contributed by atoms with van der Waals surface area (Å²) in [7, 11) is 0. The van der Waals surface area contributed by atoms with Crippen LogP contribution in [-0.4, -0.2) is 26.6 Å². The van der Waals surface area contributed by atoms with Gasteiger partial charge in [0, 0.05) is 17.8 Å². The smallest absolute Gasteiger partial charge is 0.412 e. The second-order valence-electron chi connectivity index (χ2n) is 9.82. The average Bonchev–Trinajstić information content (AvgIpc) is 3.71. The van der Waals surface area contributed by atoms with Gasteiger partial charge in [-0.05, 0) is 66.3 Å². The molecule has 194 valence electrons. The summed E-state index contributed by atoms with van der Waals surface area (Å²) in [5, 5.41) is 12.4. The van der Waals surface area contributed by atoms with E-state index in [2.05, 4.69) is 11.5 Å². The molecule has 3 aromatic carbocycles. The summed E-state index contributed by atoms with van der Waals surface area (Å²) in [6.45, 7) is 2.02. The van der Waals surface area contributed by atoms with Crippen LogP contribution in [0, 0.1) is 6.92 Å². The summed E-state index contributed by atoms with van der Waals surface area (Å²) >= 11 is 0. The Morgan fingerprint density at radius 2 is 1.67 bits per heavy atom. The van der Waals surface area contributed by atoms with Gasteiger partial charge in [-0.15, -0.1) is 0 Å². The van der Waals surface area contributed by atoms with E-state index in [4.69, 9.17) is 9.72 Å². The molecule has 7 nitrogen and oxygen atoms in total. The first-order valence-corrected chi connectivity index (χ1v) is 12.9. The minimum absolute atomic E-state index is 0.228. The number of carboxylic acids is 1. The van der Waals surface area contributed by atoms with Crippen LogP contribution in [0.4, 0.5) is 10.5 Å². The third-order valence-electron chi connectivity index (χ3n) is 7.05. The summed E-state index contributed by atoms with van der Waals surface area (Å²) in [5.74, 6) is -0.506. The van der Waals surface area contributed by atoms with Gasteiger partial charge >= 0.3 is 12.1 Å². The van der Waals surface area contributed by atoms with E-state index in [1.807, 2.05) is 72.0 Å². The maximum atomic E-state index is 13.1. The van der Waals surface area contributed by atoms with Crippen molar-refractivity contribution in [2.45, 2.75) is 31.8 Å². The number of pyridine rings is 1. The number of carbonyl (C=O) groups is 2. The molecule has 7 heteroatoms. The van der Waals surface area contributed by atoms with Gasteiger partial charge in [0.25, 0.3) is 0 Å². The number of amides is 1. The molecule has 6 rings (SSSR count). The molecule has 2 aromatic heterocycles. The van der Waals surface area contributed by atoms with Crippen molar-refractivity contribution < 1.29 is 19.4 Å². The van der Waals surface area contributed by atoms with Gasteiger partial charge in [0.1, 0.15) is 5.65 Å². The number of nitrogens with one attached hydrogen (secondary N) is 1. The Morgan fingerprint density at radius 3 is 2.38 bits per heavy atom. The van der Waals surface area contributed by atoms with Crippen molar-refractivity contribution in [3.05, 3.63) is 125 Å². The number of para-hydroxylation sites is 1. The number of nitrogens with zero attached hydrogens (tertiary/aromatic N) is 2. The molecule has 39 heavy (non-hydrogen) atoms. The molecular weight excluding hydrogens is 490 g/mol. The van der Waals surface area contributed by atoms with E-state index in [1.165, 1.54) is 0 Å². The fourth-order valence-corrected chi connectivity index (χ4v) is 4.86. The van der Waals surface area contributed by atoms with Gasteiger partial charge in [0.2, 0.25) is 0 Å². The summed E-state index contributed by atoms with van der Waals surface area (Å²) in [5.41, 5.74) is 6.71. The van der Waals surface area contributed by atoms with E-state index in [0.29, 0.717) is 17.2 Å². The van der Waals surface area contributed by atoms with Crippen molar-refractivity contribution in [2.75, 3.05) is 5.32 Å². The number of imidazole rings is 1. The zero-order valence-corrected chi connectivity index (χ0v) is 21.4. The Hall–Kier alpha value is -4.91. The lowest BCUT2D eigenvalue weighted by Crippen LogP contribution is -2.20. The summed E-state index contributed by atoms with van der Waals surface area (Å²) in [6, 6.07) is 27.5. The molecule has 1 atom stereocenters. The van der Waals surface area contributed by atoms with Crippen molar-refractivity contribution >= 4 is 23.4 Å². The Bertz CT molecular complexity index is 1670. The summed E-state index contributed by atoms with van der Waals surface area (Å²) in [4.78, 5) is 29.7. The molecule has 1 aliphatic carbocycles. The van der Waals surface area contributed by atoms with Crippen LogP contribution in [0.15, 0.2) is 97.2 Å². The van der Waals surface area contributed by atoms with Gasteiger partial charge in [-0.2, -0.15) is 0 Å². The molecule has 0 radical (unpaired) electrons. The van der Waals surface area contributed by atoms with Crippen LogP contribution in [0.25, 0.3) is 16.8 Å². The Labute approximate surface area is 225 Å². The number of carboxylic acid groups (broad SMARTS) is 1. The number of aromatic carboxylic acids is 1. The van der Waals surface area contributed by atoms with Gasteiger partial charge in [-0.3, -0.25) is 9.72 Å². The maximum absolute atomic E-state index is 13.1. The molecule has 1 amide bonds. The molecule has 0 bridgehead atoms. The van der Waals surface area contributed by atoms with Crippen LogP contribution in [-0.2, 0) is 4.74 Å². The molecular formula is C32H27N3O4. The van der Waals surface area contributed by atoms with Gasteiger partial charge in [0.05, 0.1) is 17.0 Å². The Morgan fingerprint density at radius 1 is 0.949 bits per heavy atom. The van der Waals surface area contributed by atoms with Crippen LogP contribution in [0.2, 0.25) is 0 Å². The van der Waals surface area contributed by atoms with Crippen LogP contribution in [0.3, 0.4) is 0 Å². The standard InChI is InChI=1S/C32H27N3O4/c1-20-11-18-28(35-19-27(22-14-15-22)34-30(20)35)29(39-32(38)33-24-7-3-2-4-8-24)23-16-12-21(13-17-23)25-9-5-6-10-26(25)31(36)37/h2-13,16-19,22,29H,14-15H2,1H3,(H,33,38)(H,36,37). The quantitative estimate of drug-likeness (QED) is 0.238. The van der Waals surface area contributed by atoms with Crippen molar-refractivity contribution in [3.63, 3.8) is 0 Å². The molecule has 0 aliphatic heterocycles. The zero-order chi connectivity index (χ0) is 26.9. The van der Waals surface area contributed by atoms with Gasteiger partial charge in [0.15, 0.2) is 6.10 Å². The Balaban J connectivity index is 1.40. The van der Waals surface area contributed by atoms with E-state index < -0.39 is 18.2 Å². The largest absolute Gasteiger partial charge is 0.478 e. The van der Waals surface area contributed by atoms with Crippen molar-refractivity contribution in [1.29, 1.82) is 0 Å². The lowest BCUT2D eigenvalue weighted by Gasteiger charge is -2.21. The van der Waals surface area contributed by atoms with Gasteiger partial charge in [-0.1, -0.05) is 66.7 Å². The predicted octanol–water partition coefficient (Wildman–Crippen LogP) is 7.22.